The van der Waals surface area contributed by atoms with Gasteiger partial charge in [-0.2, -0.15) is 0 Å². The van der Waals surface area contributed by atoms with E-state index in [-0.39, 0.29) is 17.6 Å². The summed E-state index contributed by atoms with van der Waals surface area (Å²) < 4.78 is 0. The first-order valence-corrected chi connectivity index (χ1v) is 6.25. The number of nitrogens with one attached hydrogen (secondary N) is 1. The lowest BCUT2D eigenvalue weighted by atomic mass is 10.1. The van der Waals surface area contributed by atoms with Crippen LogP contribution in [0.3, 0.4) is 0 Å². The molecule has 7 nitrogen and oxygen atoms in total. The molecule has 1 aromatic rings. The first kappa shape index (κ1) is 14.0. The topological polar surface area (TPSA) is 110 Å². The highest BCUT2D eigenvalue weighted by Crippen LogP contribution is 2.26. The van der Waals surface area contributed by atoms with Crippen LogP contribution in [0, 0.1) is 16.0 Å². The van der Waals surface area contributed by atoms with Gasteiger partial charge in [-0.05, 0) is 31.4 Å². The van der Waals surface area contributed by atoms with Crippen LogP contribution in [0.4, 0.5) is 5.69 Å². The Kier molecular flexibility index (Phi) is 3.97. The van der Waals surface area contributed by atoms with Gasteiger partial charge in [-0.25, -0.2) is 0 Å². The normalized spacial score (nSPS) is 21.4. The number of carboxylic acids is 1. The number of non-ortho nitro benzene ring substituents is 1. The third kappa shape index (κ3) is 3.11. The summed E-state index contributed by atoms with van der Waals surface area (Å²) in [5.74, 6) is -1.58. The van der Waals surface area contributed by atoms with Crippen molar-refractivity contribution in [3.8, 4) is 0 Å². The van der Waals surface area contributed by atoms with Crippen molar-refractivity contribution in [2.24, 2.45) is 5.92 Å². The molecule has 106 valence electrons. The average Bonchev–Trinajstić information content (AvgIpc) is 2.87. The highest BCUT2D eigenvalue weighted by atomic mass is 16.6. The number of carbonyl (C=O) groups excluding carboxylic acids is 1. The van der Waals surface area contributed by atoms with Gasteiger partial charge in [-0.1, -0.05) is 0 Å². The van der Waals surface area contributed by atoms with Crippen molar-refractivity contribution < 1.29 is 19.6 Å². The highest BCUT2D eigenvalue weighted by molar-refractivity contribution is 5.94. The number of benzene rings is 1. The third-order valence-electron chi connectivity index (χ3n) is 3.46. The number of hydrogen-bond acceptors (Lipinski definition) is 4. The predicted molar refractivity (Wildman–Crippen MR) is 69.3 cm³/mol. The molecule has 0 heterocycles. The van der Waals surface area contributed by atoms with Crippen LogP contribution in [0.1, 0.15) is 29.6 Å². The quantitative estimate of drug-likeness (QED) is 0.641. The summed E-state index contributed by atoms with van der Waals surface area (Å²) in [6.07, 6.45) is 1.62. The minimum atomic E-state index is -0.836. The zero-order chi connectivity index (χ0) is 14.7. The molecule has 0 saturated heterocycles. The van der Waals surface area contributed by atoms with E-state index in [1.54, 1.807) is 0 Å². The number of hydrogen-bond donors (Lipinski definition) is 2. The second-order valence-electron chi connectivity index (χ2n) is 4.82. The van der Waals surface area contributed by atoms with Crippen LogP contribution in [0.2, 0.25) is 0 Å². The molecule has 1 saturated carbocycles. The van der Waals surface area contributed by atoms with Crippen LogP contribution in [0.5, 0.6) is 0 Å². The van der Waals surface area contributed by atoms with Crippen LogP contribution in [0.25, 0.3) is 0 Å². The van der Waals surface area contributed by atoms with Crippen LogP contribution < -0.4 is 5.32 Å². The Hall–Kier alpha value is -2.44. The van der Waals surface area contributed by atoms with E-state index in [2.05, 4.69) is 5.32 Å². The standard InChI is InChI=1S/C13H14N2O5/c16-12(8-2-5-11(6-3-8)15(19)20)14-10-4-1-9(7-10)13(17)18/h2-3,5-6,9-10H,1,4,7H2,(H,14,16)(H,17,18). The lowest BCUT2D eigenvalue weighted by Crippen LogP contribution is -2.33. The molecule has 1 aliphatic carbocycles. The number of aliphatic carboxylic acids is 1. The van der Waals surface area contributed by atoms with Crippen LogP contribution in [0.15, 0.2) is 24.3 Å². The number of rotatable bonds is 4. The SMILES string of the molecule is O=C(NC1CCC(C(=O)O)C1)c1ccc([N+](=O)[O-])cc1. The molecule has 1 aliphatic rings. The molecule has 2 unspecified atom stereocenters. The fraction of sp³-hybridized carbons (Fsp3) is 0.385. The highest BCUT2D eigenvalue weighted by Gasteiger charge is 2.30. The van der Waals surface area contributed by atoms with E-state index >= 15 is 0 Å². The van der Waals surface area contributed by atoms with Crippen molar-refractivity contribution in [3.05, 3.63) is 39.9 Å². The maximum atomic E-state index is 11.9. The molecule has 1 amide bonds. The van der Waals surface area contributed by atoms with E-state index in [4.69, 9.17) is 5.11 Å². The maximum Gasteiger partial charge on any atom is 0.306 e. The number of amides is 1. The van der Waals surface area contributed by atoms with Crippen molar-refractivity contribution in [1.82, 2.24) is 5.32 Å². The summed E-state index contributed by atoms with van der Waals surface area (Å²) in [7, 11) is 0. The van der Waals surface area contributed by atoms with Gasteiger partial charge in [0.15, 0.2) is 0 Å². The first-order valence-electron chi connectivity index (χ1n) is 6.25. The van der Waals surface area contributed by atoms with E-state index in [0.717, 1.165) is 0 Å². The summed E-state index contributed by atoms with van der Waals surface area (Å²) in [6.45, 7) is 0. The number of nitro groups is 1. The summed E-state index contributed by atoms with van der Waals surface area (Å²) in [5.41, 5.74) is 0.253. The van der Waals surface area contributed by atoms with Gasteiger partial charge in [-0.15, -0.1) is 0 Å². The van der Waals surface area contributed by atoms with Crippen LogP contribution in [-0.4, -0.2) is 27.9 Å². The zero-order valence-electron chi connectivity index (χ0n) is 10.6. The molecule has 0 aliphatic heterocycles. The fourth-order valence-corrected chi connectivity index (χ4v) is 2.34. The zero-order valence-corrected chi connectivity index (χ0v) is 10.6. The Morgan fingerprint density at radius 2 is 1.90 bits per heavy atom. The minimum Gasteiger partial charge on any atom is -0.481 e. The molecule has 7 heteroatoms. The van der Waals surface area contributed by atoms with Gasteiger partial charge in [0.05, 0.1) is 10.8 Å². The van der Waals surface area contributed by atoms with Gasteiger partial charge in [0.25, 0.3) is 11.6 Å². The Morgan fingerprint density at radius 1 is 1.25 bits per heavy atom. The van der Waals surface area contributed by atoms with E-state index in [1.807, 2.05) is 0 Å². The lowest BCUT2D eigenvalue weighted by Gasteiger charge is -2.12. The monoisotopic (exact) mass is 278 g/mol. The van der Waals surface area contributed by atoms with Crippen molar-refractivity contribution in [2.75, 3.05) is 0 Å². The predicted octanol–water partition coefficient (Wildman–Crippen LogP) is 1.58. The van der Waals surface area contributed by atoms with E-state index in [0.29, 0.717) is 24.8 Å². The Morgan fingerprint density at radius 3 is 2.40 bits per heavy atom. The van der Waals surface area contributed by atoms with E-state index < -0.39 is 16.8 Å². The van der Waals surface area contributed by atoms with Crippen LogP contribution >= 0.6 is 0 Å². The van der Waals surface area contributed by atoms with Crippen molar-refractivity contribution >= 4 is 17.6 Å². The van der Waals surface area contributed by atoms with Crippen molar-refractivity contribution in [2.45, 2.75) is 25.3 Å². The third-order valence-corrected chi connectivity index (χ3v) is 3.46. The molecule has 1 fully saturated rings. The Bertz CT molecular complexity index is 540. The summed E-state index contributed by atoms with van der Waals surface area (Å²) in [4.78, 5) is 32.7. The lowest BCUT2D eigenvalue weighted by molar-refractivity contribution is -0.384. The second-order valence-corrected chi connectivity index (χ2v) is 4.82. The summed E-state index contributed by atoms with van der Waals surface area (Å²) >= 11 is 0. The molecule has 0 aromatic heterocycles. The van der Waals surface area contributed by atoms with Gasteiger partial charge in [0, 0.05) is 23.7 Å². The average molecular weight is 278 g/mol. The van der Waals surface area contributed by atoms with Crippen molar-refractivity contribution in [1.29, 1.82) is 0 Å². The molecule has 1 aromatic carbocycles. The summed E-state index contributed by atoms with van der Waals surface area (Å²) in [5, 5.41) is 22.2. The van der Waals surface area contributed by atoms with Crippen molar-refractivity contribution in [3.63, 3.8) is 0 Å². The molecule has 2 N–H and O–H groups in total. The van der Waals surface area contributed by atoms with Gasteiger partial charge in [0.1, 0.15) is 0 Å². The maximum absolute atomic E-state index is 11.9. The molecule has 0 bridgehead atoms. The fourth-order valence-electron chi connectivity index (χ4n) is 2.34. The largest absolute Gasteiger partial charge is 0.481 e. The number of nitrogens with zero attached hydrogens (tertiary/aromatic N) is 1. The second kappa shape index (κ2) is 5.68. The number of carboxylic acid groups (broad SMARTS) is 1. The van der Waals surface area contributed by atoms with E-state index in [1.165, 1.54) is 24.3 Å². The minimum absolute atomic E-state index is 0.0756. The molecule has 2 rings (SSSR count). The molecule has 0 radical (unpaired) electrons. The Balaban J connectivity index is 1.95. The summed E-state index contributed by atoms with van der Waals surface area (Å²) in [6, 6.07) is 5.15. The molecule has 2 atom stereocenters. The first-order chi connectivity index (χ1) is 9.47. The number of carbonyl (C=O) groups is 2. The molecule has 0 spiro atoms. The molecular formula is C13H14N2O5. The van der Waals surface area contributed by atoms with Gasteiger partial charge < -0.3 is 10.4 Å². The van der Waals surface area contributed by atoms with Gasteiger partial charge >= 0.3 is 5.97 Å². The Labute approximate surface area is 114 Å². The van der Waals surface area contributed by atoms with Gasteiger partial charge in [-0.3, -0.25) is 19.7 Å². The van der Waals surface area contributed by atoms with Gasteiger partial charge in [0.2, 0.25) is 0 Å². The number of nitro benzene ring substituents is 1. The van der Waals surface area contributed by atoms with Crippen LogP contribution in [-0.2, 0) is 4.79 Å². The smallest absolute Gasteiger partial charge is 0.306 e. The molecular weight excluding hydrogens is 264 g/mol. The molecule has 20 heavy (non-hydrogen) atoms. The van der Waals surface area contributed by atoms with E-state index in [9.17, 15) is 19.7 Å².